The SMILES string of the molecule is CC1CC(=O)C(CC2C(=O)CC(C)OC2=O)C(=O)O1. The molecule has 6 nitrogen and oxygen atoms in total. The molecule has 2 aliphatic heterocycles. The Morgan fingerprint density at radius 2 is 1.21 bits per heavy atom. The van der Waals surface area contributed by atoms with Crippen molar-refractivity contribution in [3.05, 3.63) is 0 Å². The molecular formula is C13H16O6. The highest BCUT2D eigenvalue weighted by atomic mass is 16.6. The minimum atomic E-state index is -1.02. The fraction of sp³-hybridized carbons (Fsp3) is 0.692. The van der Waals surface area contributed by atoms with Gasteiger partial charge in [0.2, 0.25) is 0 Å². The molecule has 2 heterocycles. The Labute approximate surface area is 110 Å². The smallest absolute Gasteiger partial charge is 0.316 e. The van der Waals surface area contributed by atoms with Gasteiger partial charge in [0.25, 0.3) is 0 Å². The van der Waals surface area contributed by atoms with Gasteiger partial charge < -0.3 is 9.47 Å². The third kappa shape index (κ3) is 2.83. The van der Waals surface area contributed by atoms with E-state index in [2.05, 4.69) is 0 Å². The van der Waals surface area contributed by atoms with Gasteiger partial charge in [0, 0.05) is 12.8 Å². The summed E-state index contributed by atoms with van der Waals surface area (Å²) in [6.07, 6.45) is -0.754. The summed E-state index contributed by atoms with van der Waals surface area (Å²) >= 11 is 0. The van der Waals surface area contributed by atoms with Crippen LogP contribution in [0.3, 0.4) is 0 Å². The quantitative estimate of drug-likeness (QED) is 0.533. The van der Waals surface area contributed by atoms with Crippen molar-refractivity contribution in [2.75, 3.05) is 0 Å². The molecule has 0 radical (unpaired) electrons. The van der Waals surface area contributed by atoms with E-state index in [-0.39, 0.29) is 30.8 Å². The highest BCUT2D eigenvalue weighted by molar-refractivity contribution is 6.05. The average Bonchev–Trinajstić information content (AvgIpc) is 2.25. The summed E-state index contributed by atoms with van der Waals surface area (Å²) in [6.45, 7) is 3.27. The van der Waals surface area contributed by atoms with E-state index in [4.69, 9.17) is 9.47 Å². The number of Topliss-reactive ketones (excluding diaryl/α,β-unsaturated/α-hetero) is 2. The van der Waals surface area contributed by atoms with Gasteiger partial charge in [-0.25, -0.2) is 0 Å². The number of rotatable bonds is 2. The van der Waals surface area contributed by atoms with Crippen LogP contribution in [0, 0.1) is 11.8 Å². The minimum absolute atomic E-state index is 0.128. The number of esters is 2. The van der Waals surface area contributed by atoms with E-state index in [1.807, 2.05) is 0 Å². The minimum Gasteiger partial charge on any atom is -0.462 e. The van der Waals surface area contributed by atoms with Crippen LogP contribution in [0.25, 0.3) is 0 Å². The van der Waals surface area contributed by atoms with Crippen molar-refractivity contribution in [1.82, 2.24) is 0 Å². The molecule has 0 amide bonds. The molecule has 0 aliphatic carbocycles. The van der Waals surface area contributed by atoms with Crippen LogP contribution in [0.1, 0.15) is 33.1 Å². The van der Waals surface area contributed by atoms with Gasteiger partial charge in [-0.1, -0.05) is 0 Å². The summed E-state index contributed by atoms with van der Waals surface area (Å²) in [7, 11) is 0. The Morgan fingerprint density at radius 1 is 0.842 bits per heavy atom. The molecule has 2 saturated heterocycles. The fourth-order valence-corrected chi connectivity index (χ4v) is 2.45. The molecule has 19 heavy (non-hydrogen) atoms. The van der Waals surface area contributed by atoms with E-state index in [9.17, 15) is 19.2 Å². The zero-order valence-corrected chi connectivity index (χ0v) is 10.9. The Bertz CT molecular complexity index is 364. The van der Waals surface area contributed by atoms with Crippen LogP contribution in [0.4, 0.5) is 0 Å². The Morgan fingerprint density at radius 3 is 1.53 bits per heavy atom. The summed E-state index contributed by atoms with van der Waals surface area (Å²) in [5.74, 6) is -3.89. The standard InChI is InChI=1S/C13H16O6/c1-6-3-10(14)8(12(16)18-6)5-9-11(15)4-7(2)19-13(9)17/h6-9H,3-5H2,1-2H3. The van der Waals surface area contributed by atoms with Crippen LogP contribution in [-0.4, -0.2) is 35.7 Å². The molecular weight excluding hydrogens is 252 g/mol. The number of ketones is 2. The van der Waals surface area contributed by atoms with Crippen molar-refractivity contribution in [1.29, 1.82) is 0 Å². The number of hydrogen-bond acceptors (Lipinski definition) is 6. The highest BCUT2D eigenvalue weighted by Gasteiger charge is 2.43. The first-order chi connectivity index (χ1) is 8.88. The second-order valence-corrected chi connectivity index (χ2v) is 5.18. The lowest BCUT2D eigenvalue weighted by atomic mass is 9.83. The van der Waals surface area contributed by atoms with Gasteiger partial charge in [0.1, 0.15) is 24.0 Å². The molecule has 0 aromatic heterocycles. The Hall–Kier alpha value is -1.72. The van der Waals surface area contributed by atoms with Gasteiger partial charge in [0.15, 0.2) is 11.6 Å². The molecule has 4 atom stereocenters. The summed E-state index contributed by atoms with van der Waals surface area (Å²) < 4.78 is 9.96. The van der Waals surface area contributed by atoms with Gasteiger partial charge in [-0.05, 0) is 20.3 Å². The lowest BCUT2D eigenvalue weighted by molar-refractivity contribution is -0.168. The molecule has 0 spiro atoms. The first-order valence-electron chi connectivity index (χ1n) is 6.35. The van der Waals surface area contributed by atoms with Crippen LogP contribution in [0.2, 0.25) is 0 Å². The molecule has 2 fully saturated rings. The maximum atomic E-state index is 11.8. The molecule has 0 aromatic rings. The van der Waals surface area contributed by atoms with E-state index in [1.165, 1.54) is 0 Å². The van der Waals surface area contributed by atoms with E-state index < -0.39 is 36.0 Å². The van der Waals surface area contributed by atoms with Gasteiger partial charge in [0.05, 0.1) is 0 Å². The number of cyclic esters (lactones) is 2. The summed E-state index contributed by atoms with van der Waals surface area (Å²) in [5.41, 5.74) is 0. The van der Waals surface area contributed by atoms with Crippen LogP contribution in [-0.2, 0) is 28.7 Å². The van der Waals surface area contributed by atoms with Gasteiger partial charge in [-0.15, -0.1) is 0 Å². The summed E-state index contributed by atoms with van der Waals surface area (Å²) in [5, 5.41) is 0. The summed E-state index contributed by atoms with van der Waals surface area (Å²) in [4.78, 5) is 46.9. The normalized spacial score (nSPS) is 35.9. The van der Waals surface area contributed by atoms with Crippen molar-refractivity contribution >= 4 is 23.5 Å². The number of hydrogen-bond donors (Lipinski definition) is 0. The van der Waals surface area contributed by atoms with Crippen molar-refractivity contribution in [2.24, 2.45) is 11.8 Å². The number of carbonyl (C=O) groups is 4. The molecule has 2 rings (SSSR count). The Kier molecular flexibility index (Phi) is 3.68. The van der Waals surface area contributed by atoms with Crippen molar-refractivity contribution in [2.45, 2.75) is 45.3 Å². The Balaban J connectivity index is 2.08. The van der Waals surface area contributed by atoms with Crippen LogP contribution in [0.5, 0.6) is 0 Å². The predicted octanol–water partition coefficient (Wildman–Crippen LogP) is 0.418. The highest BCUT2D eigenvalue weighted by Crippen LogP contribution is 2.28. The average molecular weight is 268 g/mol. The van der Waals surface area contributed by atoms with Crippen LogP contribution in [0.15, 0.2) is 0 Å². The molecule has 2 aliphatic rings. The van der Waals surface area contributed by atoms with Crippen LogP contribution < -0.4 is 0 Å². The van der Waals surface area contributed by atoms with Crippen LogP contribution >= 0.6 is 0 Å². The second kappa shape index (κ2) is 5.11. The van der Waals surface area contributed by atoms with E-state index >= 15 is 0 Å². The lowest BCUT2D eigenvalue weighted by Gasteiger charge is -2.29. The fourth-order valence-electron chi connectivity index (χ4n) is 2.45. The van der Waals surface area contributed by atoms with Crippen molar-refractivity contribution in [3.63, 3.8) is 0 Å². The molecule has 104 valence electrons. The zero-order valence-electron chi connectivity index (χ0n) is 10.9. The molecule has 0 bridgehead atoms. The van der Waals surface area contributed by atoms with Gasteiger partial charge in [-0.2, -0.15) is 0 Å². The molecule has 4 unspecified atom stereocenters. The molecule has 6 heteroatoms. The maximum Gasteiger partial charge on any atom is 0.316 e. The first-order valence-corrected chi connectivity index (χ1v) is 6.35. The monoisotopic (exact) mass is 268 g/mol. The van der Waals surface area contributed by atoms with Gasteiger partial charge >= 0.3 is 11.9 Å². The molecule has 0 aromatic carbocycles. The van der Waals surface area contributed by atoms with Crippen molar-refractivity contribution in [3.8, 4) is 0 Å². The maximum absolute atomic E-state index is 11.8. The van der Waals surface area contributed by atoms with Crippen molar-refractivity contribution < 1.29 is 28.7 Å². The van der Waals surface area contributed by atoms with E-state index in [1.54, 1.807) is 13.8 Å². The number of carbonyl (C=O) groups excluding carboxylic acids is 4. The zero-order chi connectivity index (χ0) is 14.2. The number of ether oxygens (including phenoxy) is 2. The molecule has 0 N–H and O–H groups in total. The molecule has 0 saturated carbocycles. The summed E-state index contributed by atoms with van der Waals surface area (Å²) in [6, 6.07) is 0. The third-order valence-electron chi connectivity index (χ3n) is 3.43. The second-order valence-electron chi connectivity index (χ2n) is 5.18. The van der Waals surface area contributed by atoms with Gasteiger partial charge in [-0.3, -0.25) is 19.2 Å². The lowest BCUT2D eigenvalue weighted by Crippen LogP contribution is -2.43. The largest absolute Gasteiger partial charge is 0.462 e. The first kappa shape index (κ1) is 13.7. The van der Waals surface area contributed by atoms with E-state index in [0.717, 1.165) is 0 Å². The van der Waals surface area contributed by atoms with E-state index in [0.29, 0.717) is 0 Å². The predicted molar refractivity (Wildman–Crippen MR) is 62.0 cm³/mol. The topological polar surface area (TPSA) is 86.7 Å². The third-order valence-corrected chi connectivity index (χ3v) is 3.43.